The molecule has 1 atom stereocenters. The average Bonchev–Trinajstić information content (AvgIpc) is 2.80. The zero-order chi connectivity index (χ0) is 25.1. The minimum Gasteiger partial charge on any atom is -0.492 e. The van der Waals surface area contributed by atoms with Crippen LogP contribution >= 0.6 is 0 Å². The van der Waals surface area contributed by atoms with Crippen molar-refractivity contribution in [1.29, 1.82) is 0 Å². The fraction of sp³-hybridized carbons (Fsp3) is 0.440. The summed E-state index contributed by atoms with van der Waals surface area (Å²) >= 11 is 0. The van der Waals surface area contributed by atoms with Gasteiger partial charge in [0.2, 0.25) is 21.8 Å². The van der Waals surface area contributed by atoms with Crippen molar-refractivity contribution in [3.05, 3.63) is 60.2 Å². The van der Waals surface area contributed by atoms with Crippen LogP contribution in [-0.2, 0) is 26.2 Å². The highest BCUT2D eigenvalue weighted by atomic mass is 32.2. The zero-order valence-corrected chi connectivity index (χ0v) is 21.2. The van der Waals surface area contributed by atoms with Crippen molar-refractivity contribution in [3.63, 3.8) is 0 Å². The SMILES string of the molecule is CCNC(=O)C(C)N(Cc1ccccc1)C(=O)CCCN(c1ccccc1OCC)S(C)(=O)=O. The summed E-state index contributed by atoms with van der Waals surface area (Å²) in [5, 5.41) is 2.77. The van der Waals surface area contributed by atoms with Gasteiger partial charge < -0.3 is 15.0 Å². The van der Waals surface area contributed by atoms with Crippen molar-refractivity contribution in [3.8, 4) is 5.75 Å². The predicted octanol–water partition coefficient (Wildman–Crippen LogP) is 3.18. The molecule has 186 valence electrons. The maximum Gasteiger partial charge on any atom is 0.242 e. The van der Waals surface area contributed by atoms with Gasteiger partial charge in [-0.3, -0.25) is 13.9 Å². The van der Waals surface area contributed by atoms with Gasteiger partial charge in [0.1, 0.15) is 11.8 Å². The number of carbonyl (C=O) groups is 2. The Morgan fingerprint density at radius 1 is 1.03 bits per heavy atom. The summed E-state index contributed by atoms with van der Waals surface area (Å²) in [6.45, 7) is 6.64. The summed E-state index contributed by atoms with van der Waals surface area (Å²) in [5.74, 6) is 0.0293. The molecule has 0 bridgehead atoms. The van der Waals surface area contributed by atoms with Crippen molar-refractivity contribution >= 4 is 27.5 Å². The average molecular weight is 490 g/mol. The second kappa shape index (κ2) is 13.0. The molecular weight excluding hydrogens is 454 g/mol. The molecule has 2 aromatic rings. The third kappa shape index (κ3) is 7.76. The molecule has 0 aliphatic carbocycles. The largest absolute Gasteiger partial charge is 0.492 e. The van der Waals surface area contributed by atoms with E-state index >= 15 is 0 Å². The summed E-state index contributed by atoms with van der Waals surface area (Å²) in [6, 6.07) is 15.7. The third-order valence-corrected chi connectivity index (χ3v) is 6.48. The fourth-order valence-corrected chi connectivity index (χ4v) is 4.58. The molecule has 9 heteroatoms. The molecule has 0 saturated heterocycles. The van der Waals surface area contributed by atoms with Crippen LogP contribution in [0, 0.1) is 0 Å². The van der Waals surface area contributed by atoms with Crippen molar-refractivity contribution < 1.29 is 22.7 Å². The van der Waals surface area contributed by atoms with E-state index in [1.807, 2.05) is 44.2 Å². The van der Waals surface area contributed by atoms with Gasteiger partial charge in [-0.2, -0.15) is 0 Å². The Morgan fingerprint density at radius 2 is 1.68 bits per heavy atom. The summed E-state index contributed by atoms with van der Waals surface area (Å²) in [6.07, 6.45) is 1.52. The first kappa shape index (κ1) is 27.2. The Balaban J connectivity index is 2.17. The number of hydrogen-bond donors (Lipinski definition) is 1. The van der Waals surface area contributed by atoms with E-state index in [-0.39, 0.29) is 24.8 Å². The highest BCUT2D eigenvalue weighted by molar-refractivity contribution is 7.92. The topological polar surface area (TPSA) is 96.0 Å². The lowest BCUT2D eigenvalue weighted by molar-refractivity contribution is -0.140. The molecule has 0 aliphatic rings. The highest BCUT2D eigenvalue weighted by Crippen LogP contribution is 2.30. The van der Waals surface area contributed by atoms with Crippen LogP contribution in [0.1, 0.15) is 39.2 Å². The highest BCUT2D eigenvalue weighted by Gasteiger charge is 2.26. The Morgan fingerprint density at radius 3 is 2.29 bits per heavy atom. The summed E-state index contributed by atoms with van der Waals surface area (Å²) in [5.41, 5.74) is 1.35. The number of benzene rings is 2. The summed E-state index contributed by atoms with van der Waals surface area (Å²) in [4.78, 5) is 27.2. The van der Waals surface area contributed by atoms with Crippen molar-refractivity contribution in [2.45, 2.75) is 46.2 Å². The van der Waals surface area contributed by atoms with E-state index in [0.717, 1.165) is 11.8 Å². The molecular formula is C25H35N3O5S. The molecule has 0 saturated carbocycles. The number of hydrogen-bond acceptors (Lipinski definition) is 5. The maximum atomic E-state index is 13.2. The van der Waals surface area contributed by atoms with Crippen molar-refractivity contribution in [2.75, 3.05) is 30.3 Å². The van der Waals surface area contributed by atoms with Crippen LogP contribution < -0.4 is 14.4 Å². The van der Waals surface area contributed by atoms with Gasteiger partial charge in [-0.25, -0.2) is 8.42 Å². The van der Waals surface area contributed by atoms with Gasteiger partial charge in [0.25, 0.3) is 0 Å². The number of para-hydroxylation sites is 2. The second-order valence-corrected chi connectivity index (χ2v) is 9.82. The molecule has 0 aliphatic heterocycles. The minimum absolute atomic E-state index is 0.0966. The molecule has 0 aromatic heterocycles. The van der Waals surface area contributed by atoms with Gasteiger partial charge in [-0.1, -0.05) is 42.5 Å². The van der Waals surface area contributed by atoms with E-state index in [1.54, 1.807) is 36.1 Å². The standard InChI is InChI=1S/C25H35N3O5S/c1-5-26-25(30)20(3)27(19-21-13-8-7-9-14-21)24(29)17-12-18-28(34(4,31)32)22-15-10-11-16-23(22)33-6-2/h7-11,13-16,20H,5-6,12,17-19H2,1-4H3,(H,26,30). The third-order valence-electron chi connectivity index (χ3n) is 5.30. The number of nitrogens with zero attached hydrogens (tertiary/aromatic N) is 2. The molecule has 1 unspecified atom stereocenters. The molecule has 8 nitrogen and oxygen atoms in total. The zero-order valence-electron chi connectivity index (χ0n) is 20.4. The van der Waals surface area contributed by atoms with E-state index < -0.39 is 16.1 Å². The van der Waals surface area contributed by atoms with Gasteiger partial charge in [-0.05, 0) is 44.9 Å². The Hall–Kier alpha value is -3.07. The first-order chi connectivity index (χ1) is 16.2. The smallest absolute Gasteiger partial charge is 0.242 e. The van der Waals surface area contributed by atoms with E-state index in [2.05, 4.69) is 5.32 Å². The second-order valence-electron chi connectivity index (χ2n) is 7.92. The number of sulfonamides is 1. The number of ether oxygens (including phenoxy) is 1. The van der Waals surface area contributed by atoms with Crippen LogP contribution in [0.5, 0.6) is 5.75 Å². The lowest BCUT2D eigenvalue weighted by atomic mass is 10.1. The van der Waals surface area contributed by atoms with Gasteiger partial charge in [0, 0.05) is 26.1 Å². The lowest BCUT2D eigenvalue weighted by Crippen LogP contribution is -2.47. The van der Waals surface area contributed by atoms with Gasteiger partial charge in [0.15, 0.2) is 0 Å². The van der Waals surface area contributed by atoms with Gasteiger partial charge in [-0.15, -0.1) is 0 Å². The van der Waals surface area contributed by atoms with Crippen LogP contribution in [0.2, 0.25) is 0 Å². The van der Waals surface area contributed by atoms with Crippen LogP contribution in [0.4, 0.5) is 5.69 Å². The monoisotopic (exact) mass is 489 g/mol. The Kier molecular flexibility index (Phi) is 10.4. The minimum atomic E-state index is -3.60. The van der Waals surface area contributed by atoms with E-state index in [0.29, 0.717) is 37.6 Å². The molecule has 0 radical (unpaired) electrons. The van der Waals surface area contributed by atoms with E-state index in [1.165, 1.54) is 4.31 Å². The predicted molar refractivity (Wildman–Crippen MR) is 134 cm³/mol. The van der Waals surface area contributed by atoms with Crippen LogP contribution in [-0.4, -0.2) is 57.1 Å². The van der Waals surface area contributed by atoms with E-state index in [9.17, 15) is 18.0 Å². The van der Waals surface area contributed by atoms with Crippen LogP contribution in [0.25, 0.3) is 0 Å². The van der Waals surface area contributed by atoms with Crippen molar-refractivity contribution in [1.82, 2.24) is 10.2 Å². The normalized spacial score (nSPS) is 12.0. The Bertz CT molecular complexity index is 1040. The number of amides is 2. The first-order valence-corrected chi connectivity index (χ1v) is 13.3. The van der Waals surface area contributed by atoms with E-state index in [4.69, 9.17) is 4.74 Å². The molecule has 1 N–H and O–H groups in total. The Labute approximate surface area is 202 Å². The number of likely N-dealkylation sites (N-methyl/N-ethyl adjacent to an activating group) is 1. The summed E-state index contributed by atoms with van der Waals surface area (Å²) in [7, 11) is -3.60. The lowest BCUT2D eigenvalue weighted by Gasteiger charge is -2.29. The molecule has 34 heavy (non-hydrogen) atoms. The summed E-state index contributed by atoms with van der Waals surface area (Å²) < 4.78 is 31.9. The fourth-order valence-electron chi connectivity index (χ4n) is 3.61. The molecule has 2 aromatic carbocycles. The molecule has 2 amide bonds. The first-order valence-electron chi connectivity index (χ1n) is 11.5. The van der Waals surface area contributed by atoms with Crippen molar-refractivity contribution in [2.24, 2.45) is 0 Å². The molecule has 0 heterocycles. The number of rotatable bonds is 13. The maximum absolute atomic E-state index is 13.2. The number of anilines is 1. The molecule has 0 spiro atoms. The van der Waals surface area contributed by atoms with Crippen LogP contribution in [0.15, 0.2) is 54.6 Å². The quantitative estimate of drug-likeness (QED) is 0.466. The van der Waals surface area contributed by atoms with Gasteiger partial charge >= 0.3 is 0 Å². The van der Waals surface area contributed by atoms with Crippen LogP contribution in [0.3, 0.4) is 0 Å². The molecule has 2 rings (SSSR count). The van der Waals surface area contributed by atoms with Gasteiger partial charge in [0.05, 0.1) is 18.6 Å². The molecule has 0 fully saturated rings. The number of carbonyl (C=O) groups excluding carboxylic acids is 2. The number of nitrogens with one attached hydrogen (secondary N) is 1.